The zero-order chi connectivity index (χ0) is 11.4. The minimum atomic E-state index is -1.25. The van der Waals surface area contributed by atoms with E-state index < -0.39 is 22.2 Å². The number of nitrogens with zero attached hydrogens (tertiary/aromatic N) is 1. The van der Waals surface area contributed by atoms with Crippen LogP contribution in [0.3, 0.4) is 0 Å². The fourth-order valence-electron chi connectivity index (χ4n) is 0.948. The maximum Gasteiger partial charge on any atom is 0.340 e. The summed E-state index contributed by atoms with van der Waals surface area (Å²) in [6.07, 6.45) is 0. The Balaban J connectivity index is 3.25. The standard InChI is InChI=1S/C9H4ClF2NO2/c10-3-1-2-6-4-7(11)9(13(14)15)8(12)5-6/h4-5H,3H2. The average Bonchev–Trinajstić information content (AvgIpc) is 2.12. The zero-order valence-electron chi connectivity index (χ0n) is 7.26. The molecule has 15 heavy (non-hydrogen) atoms. The van der Waals surface area contributed by atoms with E-state index in [1.54, 1.807) is 0 Å². The summed E-state index contributed by atoms with van der Waals surface area (Å²) in [5.41, 5.74) is -1.16. The molecule has 0 fully saturated rings. The summed E-state index contributed by atoms with van der Waals surface area (Å²) >= 11 is 5.24. The number of nitro benzene ring substituents is 1. The lowest BCUT2D eigenvalue weighted by Gasteiger charge is -1.96. The van der Waals surface area contributed by atoms with Gasteiger partial charge in [-0.1, -0.05) is 11.8 Å². The number of hydrogen-bond acceptors (Lipinski definition) is 2. The number of alkyl halides is 1. The zero-order valence-corrected chi connectivity index (χ0v) is 8.02. The van der Waals surface area contributed by atoms with Crippen LogP contribution >= 0.6 is 11.6 Å². The van der Waals surface area contributed by atoms with Gasteiger partial charge in [-0.15, -0.1) is 11.6 Å². The van der Waals surface area contributed by atoms with Gasteiger partial charge in [-0.05, 0) is 12.1 Å². The summed E-state index contributed by atoms with van der Waals surface area (Å²) in [6, 6.07) is 1.58. The van der Waals surface area contributed by atoms with E-state index in [0.717, 1.165) is 12.1 Å². The highest BCUT2D eigenvalue weighted by molar-refractivity contribution is 6.19. The van der Waals surface area contributed by atoms with Gasteiger partial charge in [-0.2, -0.15) is 8.78 Å². The highest BCUT2D eigenvalue weighted by Crippen LogP contribution is 2.22. The monoisotopic (exact) mass is 231 g/mol. The smallest absolute Gasteiger partial charge is 0.258 e. The van der Waals surface area contributed by atoms with Gasteiger partial charge in [0.25, 0.3) is 0 Å². The minimum absolute atomic E-state index is 0.0104. The first-order valence-electron chi connectivity index (χ1n) is 3.74. The number of hydrogen-bond donors (Lipinski definition) is 0. The molecule has 1 rings (SSSR count). The molecule has 0 saturated heterocycles. The molecular weight excluding hydrogens is 228 g/mol. The predicted molar refractivity (Wildman–Crippen MR) is 50.6 cm³/mol. The largest absolute Gasteiger partial charge is 0.340 e. The second kappa shape index (κ2) is 4.71. The summed E-state index contributed by atoms with van der Waals surface area (Å²) < 4.78 is 26.0. The van der Waals surface area contributed by atoms with Gasteiger partial charge in [0.1, 0.15) is 0 Å². The lowest BCUT2D eigenvalue weighted by atomic mass is 10.2. The molecule has 0 aromatic heterocycles. The molecule has 0 radical (unpaired) electrons. The quantitative estimate of drug-likeness (QED) is 0.323. The molecule has 78 valence electrons. The van der Waals surface area contributed by atoms with E-state index in [1.807, 2.05) is 0 Å². The molecule has 0 unspecified atom stereocenters. The van der Waals surface area contributed by atoms with E-state index in [1.165, 1.54) is 0 Å². The molecule has 0 atom stereocenters. The Morgan fingerprint density at radius 1 is 1.40 bits per heavy atom. The van der Waals surface area contributed by atoms with Crippen molar-refractivity contribution in [1.29, 1.82) is 0 Å². The summed E-state index contributed by atoms with van der Waals surface area (Å²) in [4.78, 5) is 9.11. The van der Waals surface area contributed by atoms with E-state index in [2.05, 4.69) is 11.8 Å². The topological polar surface area (TPSA) is 43.1 Å². The molecule has 0 aliphatic rings. The molecule has 0 N–H and O–H groups in total. The van der Waals surface area contributed by atoms with Crippen LogP contribution in [0.2, 0.25) is 0 Å². The summed E-state index contributed by atoms with van der Waals surface area (Å²) in [5, 5.41) is 10.2. The van der Waals surface area contributed by atoms with Crippen LogP contribution < -0.4 is 0 Å². The van der Waals surface area contributed by atoms with Crippen molar-refractivity contribution in [3.8, 4) is 11.8 Å². The number of nitro groups is 1. The molecule has 0 aliphatic carbocycles. The molecule has 0 spiro atoms. The Morgan fingerprint density at radius 3 is 2.33 bits per heavy atom. The van der Waals surface area contributed by atoms with Gasteiger partial charge < -0.3 is 0 Å². The molecule has 0 bridgehead atoms. The summed E-state index contributed by atoms with van der Waals surface area (Å²) in [7, 11) is 0. The van der Waals surface area contributed by atoms with Crippen molar-refractivity contribution in [1.82, 2.24) is 0 Å². The van der Waals surface area contributed by atoms with Gasteiger partial charge in [0, 0.05) is 5.56 Å². The maximum absolute atomic E-state index is 13.0. The molecule has 0 saturated carbocycles. The minimum Gasteiger partial charge on any atom is -0.258 e. The SMILES string of the molecule is O=[N+]([O-])c1c(F)cc(C#CCCl)cc1F. The van der Waals surface area contributed by atoms with Crippen LogP contribution in [0, 0.1) is 33.6 Å². The van der Waals surface area contributed by atoms with Crippen molar-refractivity contribution in [3.63, 3.8) is 0 Å². The third-order valence-electron chi connectivity index (χ3n) is 1.50. The van der Waals surface area contributed by atoms with Crippen LogP contribution in [0.1, 0.15) is 5.56 Å². The molecule has 1 aromatic carbocycles. The Hall–Kier alpha value is -1.67. The second-order valence-electron chi connectivity index (χ2n) is 2.48. The summed E-state index contributed by atoms with van der Waals surface area (Å²) in [5.74, 6) is 2.25. The van der Waals surface area contributed by atoms with Crippen LogP contribution in [-0.4, -0.2) is 10.8 Å². The fraction of sp³-hybridized carbons (Fsp3) is 0.111. The lowest BCUT2D eigenvalue weighted by Crippen LogP contribution is -1.97. The molecular formula is C9H4ClF2NO2. The molecule has 0 amide bonds. The van der Waals surface area contributed by atoms with E-state index in [-0.39, 0.29) is 11.4 Å². The van der Waals surface area contributed by atoms with E-state index in [9.17, 15) is 18.9 Å². The van der Waals surface area contributed by atoms with Crippen molar-refractivity contribution in [2.45, 2.75) is 0 Å². The first kappa shape index (κ1) is 11.4. The van der Waals surface area contributed by atoms with Crippen molar-refractivity contribution < 1.29 is 13.7 Å². The third kappa shape index (κ3) is 2.64. The van der Waals surface area contributed by atoms with Crippen molar-refractivity contribution in [2.75, 3.05) is 5.88 Å². The number of rotatable bonds is 1. The molecule has 0 heterocycles. The highest BCUT2D eigenvalue weighted by atomic mass is 35.5. The highest BCUT2D eigenvalue weighted by Gasteiger charge is 2.21. The Morgan fingerprint density at radius 2 is 1.93 bits per heavy atom. The second-order valence-corrected chi connectivity index (χ2v) is 2.75. The molecule has 6 heteroatoms. The van der Waals surface area contributed by atoms with Gasteiger partial charge in [0.2, 0.25) is 11.6 Å². The predicted octanol–water partition coefficient (Wildman–Crippen LogP) is 2.46. The average molecular weight is 232 g/mol. The Bertz CT molecular complexity index is 442. The van der Waals surface area contributed by atoms with Crippen molar-refractivity contribution in [2.24, 2.45) is 0 Å². The van der Waals surface area contributed by atoms with E-state index in [4.69, 9.17) is 11.6 Å². The van der Waals surface area contributed by atoms with E-state index >= 15 is 0 Å². The lowest BCUT2D eigenvalue weighted by molar-refractivity contribution is -0.390. The fourth-order valence-corrected chi connectivity index (χ4v) is 1.01. The third-order valence-corrected chi connectivity index (χ3v) is 1.63. The van der Waals surface area contributed by atoms with Crippen LogP contribution in [-0.2, 0) is 0 Å². The number of benzene rings is 1. The molecule has 0 aliphatic heterocycles. The van der Waals surface area contributed by atoms with Crippen LogP contribution in [0.5, 0.6) is 0 Å². The number of halogens is 3. The maximum atomic E-state index is 13.0. The normalized spacial score (nSPS) is 9.27. The van der Waals surface area contributed by atoms with Gasteiger partial charge in [-0.3, -0.25) is 10.1 Å². The van der Waals surface area contributed by atoms with Crippen LogP contribution in [0.4, 0.5) is 14.5 Å². The molecule has 1 aromatic rings. The molecule has 3 nitrogen and oxygen atoms in total. The van der Waals surface area contributed by atoms with Crippen LogP contribution in [0.25, 0.3) is 0 Å². The first-order chi connectivity index (χ1) is 7.06. The Kier molecular flexibility index (Phi) is 3.58. The Labute approximate surface area is 88.8 Å². The van der Waals surface area contributed by atoms with E-state index in [0.29, 0.717) is 0 Å². The van der Waals surface area contributed by atoms with Crippen LogP contribution in [0.15, 0.2) is 12.1 Å². The van der Waals surface area contributed by atoms with Gasteiger partial charge in [0.05, 0.1) is 10.8 Å². The van der Waals surface area contributed by atoms with Crippen molar-refractivity contribution in [3.05, 3.63) is 39.4 Å². The first-order valence-corrected chi connectivity index (χ1v) is 4.28. The van der Waals surface area contributed by atoms with Gasteiger partial charge >= 0.3 is 5.69 Å². The van der Waals surface area contributed by atoms with Crippen molar-refractivity contribution >= 4 is 17.3 Å². The van der Waals surface area contributed by atoms with Gasteiger partial charge in [0.15, 0.2) is 0 Å². The van der Waals surface area contributed by atoms with Gasteiger partial charge in [-0.25, -0.2) is 0 Å². The summed E-state index contributed by atoms with van der Waals surface area (Å²) in [6.45, 7) is 0.